The van der Waals surface area contributed by atoms with E-state index in [2.05, 4.69) is 5.32 Å². The fraction of sp³-hybridized carbons (Fsp3) is 0.467. The van der Waals surface area contributed by atoms with Crippen LogP contribution in [0.4, 0.5) is 4.39 Å². The van der Waals surface area contributed by atoms with Crippen molar-refractivity contribution in [3.63, 3.8) is 0 Å². The maximum atomic E-state index is 13.9. The lowest BCUT2D eigenvalue weighted by Crippen LogP contribution is -2.50. The van der Waals surface area contributed by atoms with Crippen molar-refractivity contribution in [2.24, 2.45) is 0 Å². The van der Waals surface area contributed by atoms with Crippen molar-refractivity contribution in [1.29, 1.82) is 0 Å². The van der Waals surface area contributed by atoms with Gasteiger partial charge in [-0.3, -0.25) is 9.59 Å². The Hall–Kier alpha value is -1.95. The normalized spacial score (nSPS) is 16.4. The topological polar surface area (TPSA) is 58.6 Å². The second-order valence-electron chi connectivity index (χ2n) is 5.07. The van der Waals surface area contributed by atoms with Crippen LogP contribution in [0.3, 0.4) is 0 Å². The highest BCUT2D eigenvalue weighted by Gasteiger charge is 2.24. The molecule has 1 aromatic carbocycles. The Labute approximate surface area is 123 Å². The third kappa shape index (κ3) is 3.58. The van der Waals surface area contributed by atoms with Crippen LogP contribution in [-0.4, -0.2) is 49.1 Å². The molecule has 0 aliphatic carbocycles. The first-order chi connectivity index (χ1) is 10.0. The first-order valence-electron chi connectivity index (χ1n) is 6.93. The smallest absolute Gasteiger partial charge is 0.254 e. The van der Waals surface area contributed by atoms with Gasteiger partial charge < -0.3 is 15.0 Å². The standard InChI is InChI=1S/C15H19FN2O3/c1-10-4-3-5-12(13(10)16)14(19)17-11(2)15(20)18-6-8-21-9-7-18/h3-5,11H,6-9H2,1-2H3,(H,17,19). The molecule has 5 nitrogen and oxygen atoms in total. The summed E-state index contributed by atoms with van der Waals surface area (Å²) in [7, 11) is 0. The van der Waals surface area contributed by atoms with Crippen LogP contribution >= 0.6 is 0 Å². The predicted molar refractivity (Wildman–Crippen MR) is 75.5 cm³/mol. The van der Waals surface area contributed by atoms with Crippen LogP contribution in [0, 0.1) is 12.7 Å². The molecule has 1 fully saturated rings. The van der Waals surface area contributed by atoms with Crippen LogP contribution in [0.15, 0.2) is 18.2 Å². The molecule has 0 aromatic heterocycles. The summed E-state index contributed by atoms with van der Waals surface area (Å²) in [5.74, 6) is -1.31. The molecule has 1 aliphatic rings. The first kappa shape index (κ1) is 15.4. The van der Waals surface area contributed by atoms with Gasteiger partial charge in [-0.25, -0.2) is 4.39 Å². The van der Waals surface area contributed by atoms with Crippen molar-refractivity contribution in [3.8, 4) is 0 Å². The summed E-state index contributed by atoms with van der Waals surface area (Å²) in [6.07, 6.45) is 0. The van der Waals surface area contributed by atoms with Crippen molar-refractivity contribution in [3.05, 3.63) is 35.1 Å². The van der Waals surface area contributed by atoms with E-state index >= 15 is 0 Å². The summed E-state index contributed by atoms with van der Waals surface area (Å²) < 4.78 is 19.1. The largest absolute Gasteiger partial charge is 0.378 e. The Balaban J connectivity index is 2.01. The van der Waals surface area contributed by atoms with E-state index in [0.717, 1.165) is 0 Å². The zero-order valence-corrected chi connectivity index (χ0v) is 12.2. The molecular formula is C15H19FN2O3. The molecule has 1 N–H and O–H groups in total. The lowest BCUT2D eigenvalue weighted by atomic mass is 10.1. The monoisotopic (exact) mass is 294 g/mol. The second-order valence-corrected chi connectivity index (χ2v) is 5.07. The summed E-state index contributed by atoms with van der Waals surface area (Å²) in [6.45, 7) is 5.21. The van der Waals surface area contributed by atoms with Gasteiger partial charge in [0.15, 0.2) is 0 Å². The quantitative estimate of drug-likeness (QED) is 0.908. The summed E-state index contributed by atoms with van der Waals surface area (Å²) in [6, 6.07) is 3.91. The number of halogens is 1. The van der Waals surface area contributed by atoms with E-state index in [9.17, 15) is 14.0 Å². The predicted octanol–water partition coefficient (Wildman–Crippen LogP) is 1.11. The van der Waals surface area contributed by atoms with Crippen LogP contribution < -0.4 is 5.32 Å². The van der Waals surface area contributed by atoms with Crippen molar-refractivity contribution in [1.82, 2.24) is 10.2 Å². The van der Waals surface area contributed by atoms with E-state index in [1.807, 2.05) is 0 Å². The van der Waals surface area contributed by atoms with Gasteiger partial charge in [0.05, 0.1) is 18.8 Å². The van der Waals surface area contributed by atoms with Gasteiger partial charge in [-0.15, -0.1) is 0 Å². The molecule has 2 amide bonds. The fourth-order valence-electron chi connectivity index (χ4n) is 2.22. The van der Waals surface area contributed by atoms with E-state index in [1.165, 1.54) is 6.07 Å². The van der Waals surface area contributed by atoms with Crippen LogP contribution in [0.2, 0.25) is 0 Å². The number of hydrogen-bond acceptors (Lipinski definition) is 3. The lowest BCUT2D eigenvalue weighted by Gasteiger charge is -2.29. The molecule has 1 unspecified atom stereocenters. The summed E-state index contributed by atoms with van der Waals surface area (Å²) >= 11 is 0. The van der Waals surface area contributed by atoms with E-state index in [-0.39, 0.29) is 11.5 Å². The summed E-state index contributed by atoms with van der Waals surface area (Å²) in [4.78, 5) is 25.9. The van der Waals surface area contributed by atoms with Gasteiger partial charge in [0, 0.05) is 13.1 Å². The minimum Gasteiger partial charge on any atom is -0.378 e. The number of aryl methyl sites for hydroxylation is 1. The maximum Gasteiger partial charge on any atom is 0.254 e. The Morgan fingerprint density at radius 2 is 2.00 bits per heavy atom. The van der Waals surface area contributed by atoms with E-state index in [1.54, 1.807) is 30.9 Å². The number of carbonyl (C=O) groups is 2. The van der Waals surface area contributed by atoms with Crippen molar-refractivity contribution < 1.29 is 18.7 Å². The highest BCUT2D eigenvalue weighted by molar-refractivity contribution is 5.97. The number of amides is 2. The molecule has 21 heavy (non-hydrogen) atoms. The van der Waals surface area contributed by atoms with E-state index in [0.29, 0.717) is 31.9 Å². The molecule has 1 saturated heterocycles. The zero-order chi connectivity index (χ0) is 15.4. The summed E-state index contributed by atoms with van der Waals surface area (Å²) in [5, 5.41) is 2.55. The average Bonchev–Trinajstić information content (AvgIpc) is 2.50. The number of carbonyl (C=O) groups excluding carboxylic acids is 2. The lowest BCUT2D eigenvalue weighted by molar-refractivity contribution is -0.136. The molecule has 2 rings (SSSR count). The van der Waals surface area contributed by atoms with Crippen LogP contribution in [-0.2, 0) is 9.53 Å². The Bertz CT molecular complexity index is 542. The minimum absolute atomic E-state index is 0.0448. The van der Waals surface area contributed by atoms with Crippen molar-refractivity contribution in [2.75, 3.05) is 26.3 Å². The van der Waals surface area contributed by atoms with Gasteiger partial charge in [0.2, 0.25) is 5.91 Å². The van der Waals surface area contributed by atoms with Crippen molar-refractivity contribution in [2.45, 2.75) is 19.9 Å². The number of ether oxygens (including phenoxy) is 1. The Kier molecular flexibility index (Phi) is 4.90. The third-order valence-corrected chi connectivity index (χ3v) is 3.48. The molecule has 0 bridgehead atoms. The van der Waals surface area contributed by atoms with Gasteiger partial charge in [0.25, 0.3) is 5.91 Å². The second kappa shape index (κ2) is 6.67. The Morgan fingerprint density at radius 1 is 1.33 bits per heavy atom. The van der Waals surface area contributed by atoms with Crippen LogP contribution in [0.5, 0.6) is 0 Å². The summed E-state index contributed by atoms with van der Waals surface area (Å²) in [5.41, 5.74) is 0.353. The molecule has 1 heterocycles. The Morgan fingerprint density at radius 3 is 2.67 bits per heavy atom. The number of morpholine rings is 1. The highest BCUT2D eigenvalue weighted by Crippen LogP contribution is 2.12. The molecule has 1 atom stereocenters. The van der Waals surface area contributed by atoms with E-state index < -0.39 is 17.8 Å². The molecule has 1 aromatic rings. The van der Waals surface area contributed by atoms with E-state index in [4.69, 9.17) is 4.74 Å². The SMILES string of the molecule is Cc1cccc(C(=O)NC(C)C(=O)N2CCOCC2)c1F. The molecule has 1 aliphatic heterocycles. The molecule has 0 radical (unpaired) electrons. The van der Waals surface area contributed by atoms with Gasteiger partial charge in [-0.1, -0.05) is 12.1 Å². The van der Waals surface area contributed by atoms with Gasteiger partial charge in [-0.2, -0.15) is 0 Å². The molecular weight excluding hydrogens is 275 g/mol. The number of nitrogens with one attached hydrogen (secondary N) is 1. The highest BCUT2D eigenvalue weighted by atomic mass is 19.1. The van der Waals surface area contributed by atoms with Crippen LogP contribution in [0.1, 0.15) is 22.8 Å². The average molecular weight is 294 g/mol. The zero-order valence-electron chi connectivity index (χ0n) is 12.2. The maximum absolute atomic E-state index is 13.9. The first-order valence-corrected chi connectivity index (χ1v) is 6.93. The van der Waals surface area contributed by atoms with Crippen molar-refractivity contribution >= 4 is 11.8 Å². The molecule has 6 heteroatoms. The fourth-order valence-corrected chi connectivity index (χ4v) is 2.22. The molecule has 0 saturated carbocycles. The number of benzene rings is 1. The third-order valence-electron chi connectivity index (χ3n) is 3.48. The van der Waals surface area contributed by atoms with Crippen LogP contribution in [0.25, 0.3) is 0 Å². The molecule has 0 spiro atoms. The van der Waals surface area contributed by atoms with Gasteiger partial charge >= 0.3 is 0 Å². The molecule has 114 valence electrons. The number of hydrogen-bond donors (Lipinski definition) is 1. The number of nitrogens with zero attached hydrogens (tertiary/aromatic N) is 1. The van der Waals surface area contributed by atoms with Gasteiger partial charge in [0.1, 0.15) is 11.9 Å². The van der Waals surface area contributed by atoms with Gasteiger partial charge in [-0.05, 0) is 25.5 Å². The minimum atomic E-state index is -0.699. The number of rotatable bonds is 3.